The van der Waals surface area contributed by atoms with Crippen LogP contribution < -0.4 is 10.6 Å². The first-order valence-electron chi connectivity index (χ1n) is 10.1. The molecule has 0 radical (unpaired) electrons. The van der Waals surface area contributed by atoms with E-state index in [-0.39, 0.29) is 24.4 Å². The maximum absolute atomic E-state index is 12.9. The Labute approximate surface area is 183 Å². The van der Waals surface area contributed by atoms with Crippen molar-refractivity contribution >= 4 is 17.5 Å². The fourth-order valence-electron chi connectivity index (χ4n) is 3.01. The number of nitrogens with one attached hydrogen (secondary N) is 2. The molecular weight excluding hydrogens is 390 g/mol. The fourth-order valence-corrected chi connectivity index (χ4v) is 3.01. The number of rotatable bonds is 9. The lowest BCUT2D eigenvalue weighted by Gasteiger charge is -2.12. The summed E-state index contributed by atoms with van der Waals surface area (Å²) in [5, 5.41) is 5.93. The predicted molar refractivity (Wildman–Crippen MR) is 123 cm³/mol. The molecule has 0 aliphatic heterocycles. The minimum Gasteiger partial charge on any atom is -0.368 e. The molecule has 0 aliphatic carbocycles. The first-order valence-corrected chi connectivity index (χ1v) is 10.1. The summed E-state index contributed by atoms with van der Waals surface area (Å²) >= 11 is 0. The van der Waals surface area contributed by atoms with Crippen LogP contribution in [0.4, 0.5) is 5.82 Å². The molecule has 2 heterocycles. The number of pyridine rings is 1. The van der Waals surface area contributed by atoms with Gasteiger partial charge in [-0.1, -0.05) is 37.8 Å². The molecule has 0 aliphatic rings. The standard InChI is InChI=1S/C24H25N5O2.H2/c1-4-17-6-5-7-18(12-17)19-13-20(22(28-14-19)23(30)16(2)3)24(31)27-11-10-26-21-8-9-25-15-29-21;/h5-9,12-15H,2,4,10-11H2,1,3H3,(H,27,31)(H,25,26,29);1H. The number of Topliss-reactive ketones (excluding diaryl/α,β-unsaturated/α-hetero) is 1. The van der Waals surface area contributed by atoms with Crippen molar-refractivity contribution in [3.8, 4) is 11.1 Å². The molecule has 1 amide bonds. The molecule has 7 heteroatoms. The maximum Gasteiger partial charge on any atom is 0.253 e. The summed E-state index contributed by atoms with van der Waals surface area (Å²) in [6.45, 7) is 8.21. The third kappa shape index (κ3) is 5.60. The molecule has 0 spiro atoms. The largest absolute Gasteiger partial charge is 0.368 e. The van der Waals surface area contributed by atoms with Gasteiger partial charge in [-0.05, 0) is 42.2 Å². The lowest BCUT2D eigenvalue weighted by molar-refractivity contribution is 0.0941. The van der Waals surface area contributed by atoms with Gasteiger partial charge in [-0.3, -0.25) is 14.6 Å². The van der Waals surface area contributed by atoms with Crippen LogP contribution in [0, 0.1) is 0 Å². The highest BCUT2D eigenvalue weighted by Gasteiger charge is 2.20. The summed E-state index contributed by atoms with van der Waals surface area (Å²) in [6.07, 6.45) is 5.60. The number of aromatic nitrogens is 3. The Kier molecular flexibility index (Phi) is 7.22. The van der Waals surface area contributed by atoms with Gasteiger partial charge in [-0.25, -0.2) is 9.97 Å². The highest BCUT2D eigenvalue weighted by Crippen LogP contribution is 2.23. The Morgan fingerprint density at radius 1 is 1.10 bits per heavy atom. The molecule has 0 saturated carbocycles. The van der Waals surface area contributed by atoms with Crippen molar-refractivity contribution in [1.29, 1.82) is 0 Å². The lowest BCUT2D eigenvalue weighted by atomic mass is 9.99. The number of aryl methyl sites for hydroxylation is 1. The Morgan fingerprint density at radius 2 is 1.94 bits per heavy atom. The predicted octanol–water partition coefficient (Wildman–Crippen LogP) is 3.95. The van der Waals surface area contributed by atoms with E-state index in [4.69, 9.17) is 0 Å². The van der Waals surface area contributed by atoms with E-state index in [0.29, 0.717) is 24.5 Å². The summed E-state index contributed by atoms with van der Waals surface area (Å²) in [6, 6.07) is 11.5. The van der Waals surface area contributed by atoms with Gasteiger partial charge >= 0.3 is 0 Å². The second-order valence-corrected chi connectivity index (χ2v) is 7.06. The van der Waals surface area contributed by atoms with Crippen molar-refractivity contribution in [3.05, 3.63) is 84.1 Å². The van der Waals surface area contributed by atoms with Gasteiger partial charge in [0.25, 0.3) is 5.91 Å². The van der Waals surface area contributed by atoms with Gasteiger partial charge in [0.2, 0.25) is 5.78 Å². The highest BCUT2D eigenvalue weighted by molar-refractivity contribution is 6.13. The Morgan fingerprint density at radius 3 is 2.65 bits per heavy atom. The van der Waals surface area contributed by atoms with Gasteiger partial charge in [0.15, 0.2) is 0 Å². The molecule has 0 unspecified atom stereocenters. The highest BCUT2D eigenvalue weighted by atomic mass is 16.2. The smallest absolute Gasteiger partial charge is 0.253 e. The maximum atomic E-state index is 12.9. The van der Waals surface area contributed by atoms with E-state index in [1.54, 1.807) is 31.5 Å². The van der Waals surface area contributed by atoms with E-state index in [1.165, 1.54) is 11.9 Å². The van der Waals surface area contributed by atoms with Crippen LogP contribution in [0.1, 0.15) is 41.7 Å². The number of carbonyl (C=O) groups is 2. The summed E-state index contributed by atoms with van der Waals surface area (Å²) in [7, 11) is 0. The van der Waals surface area contributed by atoms with E-state index in [0.717, 1.165) is 17.5 Å². The molecule has 0 saturated heterocycles. The van der Waals surface area contributed by atoms with Crippen LogP contribution in [0.15, 0.2) is 67.3 Å². The number of hydrogen-bond acceptors (Lipinski definition) is 6. The van der Waals surface area contributed by atoms with Gasteiger partial charge < -0.3 is 10.6 Å². The van der Waals surface area contributed by atoms with Crippen molar-refractivity contribution in [2.45, 2.75) is 20.3 Å². The van der Waals surface area contributed by atoms with Crippen LogP contribution in [0.2, 0.25) is 0 Å². The Hall–Kier alpha value is -3.87. The zero-order chi connectivity index (χ0) is 22.2. The molecule has 3 rings (SSSR count). The zero-order valence-corrected chi connectivity index (χ0v) is 17.7. The van der Waals surface area contributed by atoms with Gasteiger partial charge in [0.1, 0.15) is 17.8 Å². The van der Waals surface area contributed by atoms with Crippen molar-refractivity contribution in [1.82, 2.24) is 20.3 Å². The Bertz CT molecular complexity index is 1100. The Balaban J connectivity index is 0.00000363. The van der Waals surface area contributed by atoms with Crippen molar-refractivity contribution < 1.29 is 11.0 Å². The molecule has 7 nitrogen and oxygen atoms in total. The van der Waals surface area contributed by atoms with E-state index >= 15 is 0 Å². The monoisotopic (exact) mass is 417 g/mol. The van der Waals surface area contributed by atoms with Crippen molar-refractivity contribution in [2.75, 3.05) is 18.4 Å². The topological polar surface area (TPSA) is 96.9 Å². The number of carbonyl (C=O) groups excluding carboxylic acids is 2. The first-order chi connectivity index (χ1) is 15.0. The third-order valence-corrected chi connectivity index (χ3v) is 4.70. The second kappa shape index (κ2) is 10.2. The number of benzene rings is 1. The van der Waals surface area contributed by atoms with Crippen LogP contribution in [0.5, 0.6) is 0 Å². The molecule has 3 aromatic rings. The molecule has 2 aromatic heterocycles. The van der Waals surface area contributed by atoms with Crippen molar-refractivity contribution in [2.24, 2.45) is 0 Å². The number of amides is 1. The van der Waals surface area contributed by atoms with Gasteiger partial charge in [0, 0.05) is 32.5 Å². The van der Waals surface area contributed by atoms with Crippen LogP contribution >= 0.6 is 0 Å². The SMILES string of the molecule is C=C(C)C(=O)c1ncc(-c2cccc(CC)c2)cc1C(=O)NCCNc1ccncn1.[HH]. The van der Waals surface area contributed by atoms with Gasteiger partial charge in [0.05, 0.1) is 5.56 Å². The lowest BCUT2D eigenvalue weighted by Crippen LogP contribution is -2.30. The normalized spacial score (nSPS) is 10.4. The van der Waals surface area contributed by atoms with Gasteiger partial charge in [-0.15, -0.1) is 0 Å². The van der Waals surface area contributed by atoms with E-state index in [9.17, 15) is 9.59 Å². The molecule has 2 N–H and O–H groups in total. The number of allylic oxidation sites excluding steroid dienone is 1. The number of hydrogen-bond donors (Lipinski definition) is 2. The van der Waals surface area contributed by atoms with E-state index in [1.807, 2.05) is 18.2 Å². The summed E-state index contributed by atoms with van der Waals surface area (Å²) < 4.78 is 0. The molecule has 1 aromatic carbocycles. The average Bonchev–Trinajstić information content (AvgIpc) is 2.81. The molecular formula is C24H27N5O2. The average molecular weight is 418 g/mol. The van der Waals surface area contributed by atoms with E-state index < -0.39 is 0 Å². The number of nitrogens with zero attached hydrogens (tertiary/aromatic N) is 3. The minimum absolute atomic E-state index is 0. The molecule has 0 atom stereocenters. The fraction of sp³-hybridized carbons (Fsp3) is 0.208. The molecule has 0 fully saturated rings. The number of anilines is 1. The van der Waals surface area contributed by atoms with Crippen LogP contribution in [0.25, 0.3) is 11.1 Å². The van der Waals surface area contributed by atoms with Crippen LogP contribution in [-0.2, 0) is 6.42 Å². The zero-order valence-electron chi connectivity index (χ0n) is 17.7. The summed E-state index contributed by atoms with van der Waals surface area (Å²) in [5.74, 6) is -0.0462. The molecule has 0 bridgehead atoms. The first kappa shape index (κ1) is 21.8. The van der Waals surface area contributed by atoms with Crippen LogP contribution in [-0.4, -0.2) is 39.7 Å². The van der Waals surface area contributed by atoms with E-state index in [2.05, 4.69) is 45.2 Å². The van der Waals surface area contributed by atoms with Crippen molar-refractivity contribution in [3.63, 3.8) is 0 Å². The summed E-state index contributed by atoms with van der Waals surface area (Å²) in [4.78, 5) is 37.7. The minimum atomic E-state index is -0.366. The number of ketones is 1. The quantitative estimate of drug-likeness (QED) is 0.311. The third-order valence-electron chi connectivity index (χ3n) is 4.70. The summed E-state index contributed by atoms with van der Waals surface area (Å²) in [5.41, 5.74) is 3.56. The van der Waals surface area contributed by atoms with Gasteiger partial charge in [-0.2, -0.15) is 0 Å². The van der Waals surface area contributed by atoms with Crippen LogP contribution in [0.3, 0.4) is 0 Å². The second-order valence-electron chi connectivity index (χ2n) is 7.06. The molecule has 160 valence electrons. The molecule has 31 heavy (non-hydrogen) atoms.